The number of nitrogens with one attached hydrogen (secondary N) is 1. The number of amides is 2. The Labute approximate surface area is 74.1 Å². The summed E-state index contributed by atoms with van der Waals surface area (Å²) < 4.78 is 5.36. The van der Waals surface area contributed by atoms with Gasteiger partial charge in [-0.1, -0.05) is 0 Å². The molecule has 0 radical (unpaired) electrons. The highest BCUT2D eigenvalue weighted by Gasteiger charge is 2.62. The largest absolute Gasteiger partial charge is 0.390 e. The lowest BCUT2D eigenvalue weighted by molar-refractivity contribution is -0.129. The fourth-order valence-electron chi connectivity index (χ4n) is 2.64. The van der Waals surface area contributed by atoms with Crippen LogP contribution in [0.1, 0.15) is 6.42 Å². The van der Waals surface area contributed by atoms with Crippen molar-refractivity contribution in [2.24, 2.45) is 11.8 Å². The number of ether oxygens (including phenoxy) is 1. The summed E-state index contributed by atoms with van der Waals surface area (Å²) in [6.07, 6.45) is -0.812. The van der Waals surface area contributed by atoms with Crippen LogP contribution in [0.4, 0.5) is 0 Å². The molecule has 0 spiro atoms. The van der Waals surface area contributed by atoms with Crippen LogP contribution in [-0.4, -0.2) is 35.2 Å². The molecule has 3 heterocycles. The summed E-state index contributed by atoms with van der Waals surface area (Å²) in [4.78, 5) is 22.5. The first kappa shape index (κ1) is 7.46. The van der Waals surface area contributed by atoms with E-state index in [2.05, 4.69) is 5.32 Å². The van der Waals surface area contributed by atoms with Gasteiger partial charge in [0.2, 0.25) is 11.8 Å². The zero-order valence-electron chi connectivity index (χ0n) is 6.77. The lowest BCUT2D eigenvalue weighted by Gasteiger charge is -2.20. The van der Waals surface area contributed by atoms with Crippen LogP contribution in [0.15, 0.2) is 0 Å². The maximum absolute atomic E-state index is 11.3. The maximum atomic E-state index is 11.3. The van der Waals surface area contributed by atoms with Gasteiger partial charge in [0.05, 0.1) is 30.1 Å². The van der Waals surface area contributed by atoms with Crippen LogP contribution >= 0.6 is 0 Å². The van der Waals surface area contributed by atoms with Gasteiger partial charge in [-0.25, -0.2) is 0 Å². The third kappa shape index (κ3) is 0.739. The molecule has 70 valence electrons. The van der Waals surface area contributed by atoms with Crippen molar-refractivity contribution in [1.82, 2.24) is 5.32 Å². The molecule has 0 aromatic carbocycles. The van der Waals surface area contributed by atoms with Gasteiger partial charge in [0.15, 0.2) is 0 Å². The molecular formula is C8H9NO4. The Morgan fingerprint density at radius 1 is 1.31 bits per heavy atom. The lowest BCUT2D eigenvalue weighted by atomic mass is 9.80. The molecule has 3 rings (SSSR count). The average molecular weight is 183 g/mol. The molecule has 2 N–H and O–H groups in total. The van der Waals surface area contributed by atoms with E-state index in [9.17, 15) is 14.7 Å². The van der Waals surface area contributed by atoms with Gasteiger partial charge in [-0.15, -0.1) is 0 Å². The highest BCUT2D eigenvalue weighted by atomic mass is 16.5. The van der Waals surface area contributed by atoms with Crippen LogP contribution in [0.5, 0.6) is 0 Å². The van der Waals surface area contributed by atoms with E-state index in [1.807, 2.05) is 0 Å². The fourth-order valence-corrected chi connectivity index (χ4v) is 2.64. The third-order valence-corrected chi connectivity index (χ3v) is 3.18. The lowest BCUT2D eigenvalue weighted by Crippen LogP contribution is -2.38. The molecular weight excluding hydrogens is 174 g/mol. The number of hydrogen-bond donors (Lipinski definition) is 2. The van der Waals surface area contributed by atoms with Crippen LogP contribution < -0.4 is 5.32 Å². The first-order valence-electron chi connectivity index (χ1n) is 4.37. The molecule has 2 bridgehead atoms. The summed E-state index contributed by atoms with van der Waals surface area (Å²) in [7, 11) is 0. The Morgan fingerprint density at radius 2 is 2.00 bits per heavy atom. The van der Waals surface area contributed by atoms with E-state index in [0.29, 0.717) is 6.42 Å². The number of hydrogen-bond acceptors (Lipinski definition) is 4. The van der Waals surface area contributed by atoms with Crippen molar-refractivity contribution < 1.29 is 19.4 Å². The molecule has 3 saturated heterocycles. The first-order chi connectivity index (χ1) is 6.18. The van der Waals surface area contributed by atoms with E-state index in [-0.39, 0.29) is 23.8 Å². The number of aliphatic hydroxyl groups is 1. The van der Waals surface area contributed by atoms with Crippen molar-refractivity contribution in [1.29, 1.82) is 0 Å². The van der Waals surface area contributed by atoms with Crippen molar-refractivity contribution >= 4 is 11.8 Å². The SMILES string of the molecule is O=C1NC(=O)C2C3OC(CC3O)C12. The number of carbonyl (C=O) groups excluding carboxylic acids is 2. The van der Waals surface area contributed by atoms with Crippen molar-refractivity contribution in [3.05, 3.63) is 0 Å². The topological polar surface area (TPSA) is 75.6 Å². The van der Waals surface area contributed by atoms with Crippen molar-refractivity contribution in [3.63, 3.8) is 0 Å². The zero-order chi connectivity index (χ0) is 9.16. The summed E-state index contributed by atoms with van der Waals surface area (Å²) in [5.74, 6) is -1.32. The molecule has 5 nitrogen and oxygen atoms in total. The summed E-state index contributed by atoms with van der Waals surface area (Å²) in [5, 5.41) is 11.7. The van der Waals surface area contributed by atoms with Gasteiger partial charge in [0.25, 0.3) is 0 Å². The molecule has 3 aliphatic heterocycles. The van der Waals surface area contributed by atoms with Gasteiger partial charge in [-0.3, -0.25) is 14.9 Å². The van der Waals surface area contributed by atoms with E-state index < -0.39 is 18.1 Å². The quantitative estimate of drug-likeness (QED) is 0.444. The Bertz CT molecular complexity index is 303. The Morgan fingerprint density at radius 3 is 2.77 bits per heavy atom. The standard InChI is InChI=1S/C8H9NO4/c10-2-1-3-4-5(6(2)13-3)8(12)9-7(4)11/h2-6,10H,1H2,(H,9,11,12). The molecule has 0 saturated carbocycles. The van der Waals surface area contributed by atoms with Gasteiger partial charge in [0, 0.05) is 6.42 Å². The molecule has 3 aliphatic rings. The highest BCUT2D eigenvalue weighted by molar-refractivity contribution is 6.06. The van der Waals surface area contributed by atoms with Gasteiger partial charge in [0.1, 0.15) is 0 Å². The van der Waals surface area contributed by atoms with Crippen molar-refractivity contribution in [2.45, 2.75) is 24.7 Å². The minimum Gasteiger partial charge on any atom is -0.390 e. The predicted molar refractivity (Wildman–Crippen MR) is 39.4 cm³/mol. The van der Waals surface area contributed by atoms with E-state index in [4.69, 9.17) is 4.74 Å². The van der Waals surface area contributed by atoms with Crippen molar-refractivity contribution in [3.8, 4) is 0 Å². The van der Waals surface area contributed by atoms with Crippen LogP contribution in [0, 0.1) is 11.8 Å². The molecule has 13 heavy (non-hydrogen) atoms. The van der Waals surface area contributed by atoms with Crippen LogP contribution in [0.3, 0.4) is 0 Å². The van der Waals surface area contributed by atoms with E-state index in [1.165, 1.54) is 0 Å². The molecule has 2 amide bonds. The van der Waals surface area contributed by atoms with E-state index >= 15 is 0 Å². The normalized spacial score (nSPS) is 52.5. The van der Waals surface area contributed by atoms with Crippen LogP contribution in [0.2, 0.25) is 0 Å². The molecule has 3 fully saturated rings. The van der Waals surface area contributed by atoms with Crippen molar-refractivity contribution in [2.75, 3.05) is 0 Å². The fraction of sp³-hybridized carbons (Fsp3) is 0.750. The molecule has 5 atom stereocenters. The van der Waals surface area contributed by atoms with E-state index in [1.54, 1.807) is 0 Å². The summed E-state index contributed by atoms with van der Waals surface area (Å²) in [6.45, 7) is 0. The van der Waals surface area contributed by atoms with Gasteiger partial charge in [-0.05, 0) is 0 Å². The molecule has 5 unspecified atom stereocenters. The van der Waals surface area contributed by atoms with Gasteiger partial charge < -0.3 is 9.84 Å². The van der Waals surface area contributed by atoms with Gasteiger partial charge >= 0.3 is 0 Å². The number of carbonyl (C=O) groups is 2. The smallest absolute Gasteiger partial charge is 0.233 e. The predicted octanol–water partition coefficient (Wildman–Crippen LogP) is -1.59. The second-order valence-electron chi connectivity index (χ2n) is 3.85. The Balaban J connectivity index is 2.00. The number of imide groups is 1. The first-order valence-corrected chi connectivity index (χ1v) is 4.37. The summed E-state index contributed by atoms with van der Waals surface area (Å²) in [5.41, 5.74) is 0. The van der Waals surface area contributed by atoms with Gasteiger partial charge in [-0.2, -0.15) is 0 Å². The minimum atomic E-state index is -0.581. The monoisotopic (exact) mass is 183 g/mol. The Kier molecular flexibility index (Phi) is 1.21. The zero-order valence-corrected chi connectivity index (χ0v) is 6.77. The third-order valence-electron chi connectivity index (χ3n) is 3.18. The molecule has 0 aromatic heterocycles. The molecule has 0 aliphatic carbocycles. The molecule has 0 aromatic rings. The summed E-state index contributed by atoms with van der Waals surface area (Å²) in [6, 6.07) is 0. The average Bonchev–Trinajstić information content (AvgIpc) is 2.64. The second kappa shape index (κ2) is 2.10. The van der Waals surface area contributed by atoms with Crippen LogP contribution in [-0.2, 0) is 14.3 Å². The minimum absolute atomic E-state index is 0.241. The maximum Gasteiger partial charge on any atom is 0.233 e. The number of aliphatic hydroxyl groups excluding tert-OH is 1. The molecule has 5 heteroatoms. The number of rotatable bonds is 0. The highest BCUT2D eigenvalue weighted by Crippen LogP contribution is 2.45. The second-order valence-corrected chi connectivity index (χ2v) is 3.85. The summed E-state index contributed by atoms with van der Waals surface area (Å²) >= 11 is 0. The number of fused-ring (bicyclic) bond motifs is 5. The van der Waals surface area contributed by atoms with E-state index in [0.717, 1.165) is 0 Å². The Hall–Kier alpha value is -0.940. The van der Waals surface area contributed by atoms with Crippen LogP contribution in [0.25, 0.3) is 0 Å².